The Morgan fingerprint density at radius 2 is 1.71 bits per heavy atom. The molecule has 0 aromatic heterocycles. The molecule has 0 radical (unpaired) electrons. The van der Waals surface area contributed by atoms with Gasteiger partial charge in [-0.25, -0.2) is 4.39 Å². The van der Waals surface area contributed by atoms with Crippen LogP contribution >= 0.6 is 12.4 Å². The summed E-state index contributed by atoms with van der Waals surface area (Å²) in [7, 11) is 0.908. The molecule has 0 aliphatic carbocycles. The molecule has 28 heavy (non-hydrogen) atoms. The van der Waals surface area contributed by atoms with E-state index < -0.39 is 30.1 Å². The zero-order valence-corrected chi connectivity index (χ0v) is 17.9. The van der Waals surface area contributed by atoms with E-state index in [9.17, 15) is 9.18 Å². The summed E-state index contributed by atoms with van der Waals surface area (Å²) in [4.78, 5) is 12.0. The number of amides is 1. The number of hydrogen-bond acceptors (Lipinski definition) is 5. The van der Waals surface area contributed by atoms with Gasteiger partial charge < -0.3 is 24.5 Å². The SMILES string of the molecule is COCC(C(N)=O)[C@@H](CCOc1ccc(F)cc1)B1OC(C)(C)C(C)(C)O1.Cl. The summed E-state index contributed by atoms with van der Waals surface area (Å²) in [5.74, 6) is -1.18. The lowest BCUT2D eigenvalue weighted by Gasteiger charge is -2.32. The Morgan fingerprint density at radius 1 is 1.18 bits per heavy atom. The van der Waals surface area contributed by atoms with E-state index in [1.54, 1.807) is 12.1 Å². The van der Waals surface area contributed by atoms with Gasteiger partial charge in [0.25, 0.3) is 0 Å². The molecule has 1 amide bonds. The van der Waals surface area contributed by atoms with E-state index in [4.69, 9.17) is 24.5 Å². The fourth-order valence-corrected chi connectivity index (χ4v) is 3.03. The Balaban J connectivity index is 0.00000392. The second kappa shape index (κ2) is 9.92. The molecule has 0 bridgehead atoms. The maximum absolute atomic E-state index is 13.0. The van der Waals surface area contributed by atoms with Gasteiger partial charge in [0.2, 0.25) is 5.91 Å². The van der Waals surface area contributed by atoms with Gasteiger partial charge in [0.15, 0.2) is 0 Å². The van der Waals surface area contributed by atoms with Crippen molar-refractivity contribution in [3.63, 3.8) is 0 Å². The van der Waals surface area contributed by atoms with E-state index in [2.05, 4.69) is 0 Å². The Hall–Kier alpha value is -1.35. The zero-order valence-electron chi connectivity index (χ0n) is 17.1. The van der Waals surface area contributed by atoms with Gasteiger partial charge in [-0.05, 0) is 58.4 Å². The maximum atomic E-state index is 13.0. The third kappa shape index (κ3) is 5.83. The van der Waals surface area contributed by atoms with E-state index in [0.717, 1.165) is 0 Å². The molecule has 2 atom stereocenters. The molecule has 1 saturated heterocycles. The van der Waals surface area contributed by atoms with Crippen molar-refractivity contribution >= 4 is 25.4 Å². The number of carbonyl (C=O) groups is 1. The number of halogens is 2. The summed E-state index contributed by atoms with van der Waals surface area (Å²) in [6, 6.07) is 5.77. The first kappa shape index (κ1) is 24.7. The number of ether oxygens (including phenoxy) is 2. The lowest BCUT2D eigenvalue weighted by molar-refractivity contribution is -0.123. The molecule has 158 valence electrons. The second-order valence-corrected chi connectivity index (χ2v) is 7.84. The van der Waals surface area contributed by atoms with Crippen LogP contribution in [-0.4, -0.2) is 44.6 Å². The van der Waals surface area contributed by atoms with Gasteiger partial charge in [0.1, 0.15) is 11.6 Å². The van der Waals surface area contributed by atoms with Crippen LogP contribution in [0.25, 0.3) is 0 Å². The van der Waals surface area contributed by atoms with Crippen LogP contribution in [0.5, 0.6) is 5.75 Å². The van der Waals surface area contributed by atoms with Crippen LogP contribution in [0.1, 0.15) is 34.1 Å². The van der Waals surface area contributed by atoms with Crippen molar-refractivity contribution in [2.45, 2.75) is 51.1 Å². The Labute approximate surface area is 172 Å². The van der Waals surface area contributed by atoms with Gasteiger partial charge in [-0.3, -0.25) is 4.79 Å². The number of carbonyl (C=O) groups excluding carboxylic acids is 1. The van der Waals surface area contributed by atoms with Crippen LogP contribution in [0, 0.1) is 11.7 Å². The Kier molecular flexibility index (Phi) is 8.75. The first-order valence-electron chi connectivity index (χ1n) is 9.09. The molecular formula is C19H30BClFNO5. The first-order valence-corrected chi connectivity index (χ1v) is 9.09. The van der Waals surface area contributed by atoms with Gasteiger partial charge >= 0.3 is 7.12 Å². The molecule has 1 aliphatic rings. The molecule has 0 spiro atoms. The summed E-state index contributed by atoms with van der Waals surface area (Å²) in [5.41, 5.74) is 4.56. The van der Waals surface area contributed by atoms with E-state index >= 15 is 0 Å². The molecule has 1 aliphatic heterocycles. The normalized spacial score (nSPS) is 19.6. The maximum Gasteiger partial charge on any atom is 0.462 e. The van der Waals surface area contributed by atoms with Gasteiger partial charge in [0, 0.05) is 12.9 Å². The number of benzene rings is 1. The van der Waals surface area contributed by atoms with Crippen LogP contribution in [0.15, 0.2) is 24.3 Å². The number of rotatable bonds is 9. The molecule has 1 aromatic carbocycles. The smallest absolute Gasteiger partial charge is 0.462 e. The highest BCUT2D eigenvalue weighted by Crippen LogP contribution is 2.43. The predicted molar refractivity (Wildman–Crippen MR) is 108 cm³/mol. The molecule has 0 saturated carbocycles. The topological polar surface area (TPSA) is 80.0 Å². The fraction of sp³-hybridized carbons (Fsp3) is 0.632. The third-order valence-electron chi connectivity index (χ3n) is 5.38. The molecule has 1 fully saturated rings. The Bertz CT molecular complexity index is 628. The second-order valence-electron chi connectivity index (χ2n) is 7.84. The largest absolute Gasteiger partial charge is 0.494 e. The van der Waals surface area contributed by atoms with Crippen molar-refractivity contribution in [1.29, 1.82) is 0 Å². The van der Waals surface area contributed by atoms with Crippen molar-refractivity contribution < 1.29 is 28.0 Å². The number of hydrogen-bond donors (Lipinski definition) is 1. The quantitative estimate of drug-likeness (QED) is 0.624. The van der Waals surface area contributed by atoms with E-state index in [1.807, 2.05) is 27.7 Å². The highest BCUT2D eigenvalue weighted by molar-refractivity contribution is 6.48. The predicted octanol–water partition coefficient (Wildman–Crippen LogP) is 3.23. The summed E-state index contributed by atoms with van der Waals surface area (Å²) in [5, 5.41) is 0. The minimum Gasteiger partial charge on any atom is -0.494 e. The van der Waals surface area contributed by atoms with Crippen LogP contribution in [0.2, 0.25) is 5.82 Å². The molecule has 1 heterocycles. The lowest BCUT2D eigenvalue weighted by atomic mass is 9.63. The molecule has 1 unspecified atom stereocenters. The number of methoxy groups -OCH3 is 1. The van der Waals surface area contributed by atoms with Gasteiger partial charge in [-0.1, -0.05) is 0 Å². The van der Waals surface area contributed by atoms with Crippen molar-refractivity contribution in [2.75, 3.05) is 20.3 Å². The van der Waals surface area contributed by atoms with Crippen LogP contribution < -0.4 is 10.5 Å². The molecule has 1 aromatic rings. The summed E-state index contributed by atoms with van der Waals surface area (Å²) < 4.78 is 36.2. The molecule has 2 rings (SSSR count). The summed E-state index contributed by atoms with van der Waals surface area (Å²) in [6.45, 7) is 8.28. The monoisotopic (exact) mass is 417 g/mol. The van der Waals surface area contributed by atoms with Gasteiger partial charge in [-0.15, -0.1) is 12.4 Å². The number of nitrogens with two attached hydrogens (primary N) is 1. The van der Waals surface area contributed by atoms with Gasteiger partial charge in [0.05, 0.1) is 30.3 Å². The fourth-order valence-electron chi connectivity index (χ4n) is 3.03. The highest BCUT2D eigenvalue weighted by Gasteiger charge is 2.55. The standard InChI is InChI=1S/C19H29BFNO5.ClH/c1-18(2)19(3,4)27-20(26-18)16(15(12-24-5)17(22)23)10-11-25-14-8-6-13(21)7-9-14;/h6-9,15-16H,10-12H2,1-5H3,(H2,22,23);1H/t15?,16-;/m1./s1. The highest BCUT2D eigenvalue weighted by atomic mass is 35.5. The van der Waals surface area contributed by atoms with Gasteiger partial charge in [-0.2, -0.15) is 0 Å². The van der Waals surface area contributed by atoms with Crippen LogP contribution in [-0.2, 0) is 18.8 Å². The average molecular weight is 418 g/mol. The van der Waals surface area contributed by atoms with Crippen LogP contribution in [0.3, 0.4) is 0 Å². The van der Waals surface area contributed by atoms with Crippen molar-refractivity contribution in [1.82, 2.24) is 0 Å². The van der Waals surface area contributed by atoms with Crippen molar-refractivity contribution in [2.24, 2.45) is 11.7 Å². The van der Waals surface area contributed by atoms with E-state index in [0.29, 0.717) is 18.8 Å². The number of primary amides is 1. The molecular weight excluding hydrogens is 387 g/mol. The van der Waals surface area contributed by atoms with E-state index in [1.165, 1.54) is 19.2 Å². The van der Waals surface area contributed by atoms with Crippen molar-refractivity contribution in [3.8, 4) is 5.75 Å². The van der Waals surface area contributed by atoms with E-state index in [-0.39, 0.29) is 30.6 Å². The lowest BCUT2D eigenvalue weighted by Crippen LogP contribution is -2.41. The molecule has 6 nitrogen and oxygen atoms in total. The molecule has 9 heteroatoms. The zero-order chi connectivity index (χ0) is 20.2. The summed E-state index contributed by atoms with van der Waals surface area (Å²) in [6.07, 6.45) is 0.463. The summed E-state index contributed by atoms with van der Waals surface area (Å²) >= 11 is 0. The molecule has 2 N–H and O–H groups in total. The average Bonchev–Trinajstić information content (AvgIpc) is 2.79. The van der Waals surface area contributed by atoms with Crippen molar-refractivity contribution in [3.05, 3.63) is 30.1 Å². The third-order valence-corrected chi connectivity index (χ3v) is 5.38. The minimum atomic E-state index is -0.612. The Morgan fingerprint density at radius 3 is 2.18 bits per heavy atom. The van der Waals surface area contributed by atoms with Crippen LogP contribution in [0.4, 0.5) is 4.39 Å². The minimum absolute atomic E-state index is 0. The first-order chi connectivity index (χ1) is 12.6.